The predicted molar refractivity (Wildman–Crippen MR) is 70.2 cm³/mol. The first-order valence-electron chi connectivity index (χ1n) is 6.47. The molecule has 102 valence electrons. The third-order valence-corrected chi connectivity index (χ3v) is 3.35. The summed E-state index contributed by atoms with van der Waals surface area (Å²) in [7, 11) is 0. The quantitative estimate of drug-likeness (QED) is 0.905. The van der Waals surface area contributed by atoms with Gasteiger partial charge < -0.3 is 5.32 Å². The summed E-state index contributed by atoms with van der Waals surface area (Å²) >= 11 is 0. The molecule has 1 heterocycles. The van der Waals surface area contributed by atoms with Crippen molar-refractivity contribution >= 4 is 17.5 Å². The first-order valence-corrected chi connectivity index (χ1v) is 6.47. The molecular formula is C14H17FN2O2. The van der Waals surface area contributed by atoms with E-state index in [2.05, 4.69) is 5.32 Å². The Hall–Kier alpha value is -1.91. The standard InChI is InChI=1S/C14H17FN2O2/c1-3-11-14(19)17(12(4-2)13(18)16-11)10-7-5-6-9(15)8-10/h5-8,11-12H,3-4H2,1-2H3,(H,16,18). The number of carbonyl (C=O) groups excluding carboxylic acids is 2. The van der Waals surface area contributed by atoms with E-state index in [1.165, 1.54) is 23.1 Å². The first kappa shape index (κ1) is 13.5. The molecule has 0 saturated carbocycles. The molecule has 2 unspecified atom stereocenters. The number of hydrogen-bond donors (Lipinski definition) is 1. The zero-order valence-electron chi connectivity index (χ0n) is 11.0. The maximum Gasteiger partial charge on any atom is 0.250 e. The second-order valence-electron chi connectivity index (χ2n) is 4.58. The summed E-state index contributed by atoms with van der Waals surface area (Å²) in [5, 5.41) is 2.71. The molecule has 2 rings (SSSR count). The van der Waals surface area contributed by atoms with E-state index in [-0.39, 0.29) is 11.8 Å². The Kier molecular flexibility index (Phi) is 3.83. The van der Waals surface area contributed by atoms with Gasteiger partial charge in [0.2, 0.25) is 11.8 Å². The van der Waals surface area contributed by atoms with Crippen LogP contribution in [0.4, 0.5) is 10.1 Å². The third kappa shape index (κ3) is 2.45. The molecule has 1 N–H and O–H groups in total. The van der Waals surface area contributed by atoms with Crippen LogP contribution in [0.2, 0.25) is 0 Å². The maximum absolute atomic E-state index is 13.3. The van der Waals surface area contributed by atoms with Gasteiger partial charge in [-0.3, -0.25) is 14.5 Å². The molecule has 0 aromatic heterocycles. The van der Waals surface area contributed by atoms with Gasteiger partial charge in [-0.15, -0.1) is 0 Å². The second-order valence-corrected chi connectivity index (χ2v) is 4.58. The summed E-state index contributed by atoms with van der Waals surface area (Å²) in [5.41, 5.74) is 0.435. The minimum Gasteiger partial charge on any atom is -0.342 e. The lowest BCUT2D eigenvalue weighted by molar-refractivity contribution is -0.134. The van der Waals surface area contributed by atoms with Crippen molar-refractivity contribution in [3.05, 3.63) is 30.1 Å². The van der Waals surface area contributed by atoms with Gasteiger partial charge in [-0.1, -0.05) is 19.9 Å². The van der Waals surface area contributed by atoms with Gasteiger partial charge in [-0.2, -0.15) is 0 Å². The molecule has 1 aromatic rings. The number of nitrogens with one attached hydrogen (secondary N) is 1. The van der Waals surface area contributed by atoms with Gasteiger partial charge in [-0.05, 0) is 31.0 Å². The topological polar surface area (TPSA) is 49.4 Å². The average Bonchev–Trinajstić information content (AvgIpc) is 2.40. The second kappa shape index (κ2) is 5.38. The van der Waals surface area contributed by atoms with Crippen molar-refractivity contribution in [2.45, 2.75) is 38.8 Å². The molecular weight excluding hydrogens is 247 g/mol. The number of hydrogen-bond acceptors (Lipinski definition) is 2. The number of piperazine rings is 1. The van der Waals surface area contributed by atoms with E-state index in [4.69, 9.17) is 0 Å². The SMILES string of the molecule is CCC1NC(=O)C(CC)N(c2cccc(F)c2)C1=O. The van der Waals surface area contributed by atoms with Crippen LogP contribution < -0.4 is 10.2 Å². The van der Waals surface area contributed by atoms with E-state index in [9.17, 15) is 14.0 Å². The van der Waals surface area contributed by atoms with Crippen LogP contribution in [-0.4, -0.2) is 23.9 Å². The molecule has 1 aliphatic rings. The fourth-order valence-electron chi connectivity index (χ4n) is 2.35. The fourth-order valence-corrected chi connectivity index (χ4v) is 2.35. The lowest BCUT2D eigenvalue weighted by Gasteiger charge is -2.38. The van der Waals surface area contributed by atoms with Crippen molar-refractivity contribution in [3.8, 4) is 0 Å². The molecule has 5 heteroatoms. The molecule has 1 aliphatic heterocycles. The third-order valence-electron chi connectivity index (χ3n) is 3.35. The Labute approximate surface area is 111 Å². The van der Waals surface area contributed by atoms with Gasteiger partial charge in [0.05, 0.1) is 0 Å². The van der Waals surface area contributed by atoms with Crippen molar-refractivity contribution in [1.29, 1.82) is 0 Å². The largest absolute Gasteiger partial charge is 0.342 e. The Morgan fingerprint density at radius 1 is 1.26 bits per heavy atom. The summed E-state index contributed by atoms with van der Waals surface area (Å²) < 4.78 is 13.3. The number of amides is 2. The first-order chi connectivity index (χ1) is 9.08. The smallest absolute Gasteiger partial charge is 0.250 e. The molecule has 2 atom stereocenters. The number of carbonyl (C=O) groups is 2. The summed E-state index contributed by atoms with van der Waals surface area (Å²) in [4.78, 5) is 25.8. The molecule has 0 aliphatic carbocycles. The minimum absolute atomic E-state index is 0.181. The number of nitrogens with zero attached hydrogens (tertiary/aromatic N) is 1. The highest BCUT2D eigenvalue weighted by Crippen LogP contribution is 2.24. The summed E-state index contributed by atoms with van der Waals surface area (Å²) in [5.74, 6) is -0.781. The van der Waals surface area contributed by atoms with Crippen LogP contribution in [0.5, 0.6) is 0 Å². The molecule has 0 spiro atoms. The molecule has 0 radical (unpaired) electrons. The van der Waals surface area contributed by atoms with Gasteiger partial charge in [0.1, 0.15) is 17.9 Å². The summed E-state index contributed by atoms with van der Waals surface area (Å²) in [6.07, 6.45) is 1.01. The zero-order valence-corrected chi connectivity index (χ0v) is 11.0. The van der Waals surface area contributed by atoms with E-state index < -0.39 is 17.9 Å². The van der Waals surface area contributed by atoms with E-state index in [1.807, 2.05) is 13.8 Å². The zero-order chi connectivity index (χ0) is 14.0. The molecule has 1 saturated heterocycles. The van der Waals surface area contributed by atoms with E-state index in [0.717, 1.165) is 0 Å². The fraction of sp³-hybridized carbons (Fsp3) is 0.429. The highest BCUT2D eigenvalue weighted by atomic mass is 19.1. The normalized spacial score (nSPS) is 23.4. The highest BCUT2D eigenvalue weighted by molar-refractivity contribution is 6.08. The lowest BCUT2D eigenvalue weighted by Crippen LogP contribution is -2.63. The van der Waals surface area contributed by atoms with Crippen LogP contribution in [-0.2, 0) is 9.59 Å². The van der Waals surface area contributed by atoms with Crippen LogP contribution in [0.3, 0.4) is 0 Å². The van der Waals surface area contributed by atoms with Gasteiger partial charge in [0.25, 0.3) is 0 Å². The Balaban J connectivity index is 2.42. The van der Waals surface area contributed by atoms with Crippen LogP contribution in [0.25, 0.3) is 0 Å². The van der Waals surface area contributed by atoms with Gasteiger partial charge in [0, 0.05) is 5.69 Å². The Bertz CT molecular complexity index is 504. The van der Waals surface area contributed by atoms with Crippen molar-refractivity contribution in [1.82, 2.24) is 5.32 Å². The van der Waals surface area contributed by atoms with Crippen LogP contribution in [0, 0.1) is 5.82 Å². The minimum atomic E-state index is -0.572. The molecule has 0 bridgehead atoms. The maximum atomic E-state index is 13.3. The monoisotopic (exact) mass is 264 g/mol. The van der Waals surface area contributed by atoms with E-state index in [0.29, 0.717) is 18.5 Å². The van der Waals surface area contributed by atoms with E-state index >= 15 is 0 Å². The van der Waals surface area contributed by atoms with Gasteiger partial charge >= 0.3 is 0 Å². The number of benzene rings is 1. The van der Waals surface area contributed by atoms with Crippen LogP contribution in [0.1, 0.15) is 26.7 Å². The molecule has 1 fully saturated rings. The van der Waals surface area contributed by atoms with Crippen molar-refractivity contribution < 1.29 is 14.0 Å². The van der Waals surface area contributed by atoms with Crippen molar-refractivity contribution in [2.75, 3.05) is 4.90 Å². The number of rotatable bonds is 3. The molecule has 19 heavy (non-hydrogen) atoms. The summed E-state index contributed by atoms with van der Waals surface area (Å²) in [6, 6.07) is 4.69. The van der Waals surface area contributed by atoms with Crippen LogP contribution in [0.15, 0.2) is 24.3 Å². The number of anilines is 1. The summed E-state index contributed by atoms with van der Waals surface area (Å²) in [6.45, 7) is 3.66. The highest BCUT2D eigenvalue weighted by Gasteiger charge is 2.39. The van der Waals surface area contributed by atoms with Crippen LogP contribution >= 0.6 is 0 Å². The van der Waals surface area contributed by atoms with Crippen molar-refractivity contribution in [2.24, 2.45) is 0 Å². The molecule has 4 nitrogen and oxygen atoms in total. The average molecular weight is 264 g/mol. The molecule has 1 aromatic carbocycles. The Morgan fingerprint density at radius 2 is 2.00 bits per heavy atom. The van der Waals surface area contributed by atoms with E-state index in [1.54, 1.807) is 6.07 Å². The van der Waals surface area contributed by atoms with Crippen molar-refractivity contribution in [3.63, 3.8) is 0 Å². The van der Waals surface area contributed by atoms with Gasteiger partial charge in [-0.25, -0.2) is 4.39 Å². The molecule has 2 amide bonds. The number of halogens is 1. The Morgan fingerprint density at radius 3 is 2.58 bits per heavy atom. The lowest BCUT2D eigenvalue weighted by atomic mass is 10.0. The van der Waals surface area contributed by atoms with Gasteiger partial charge in [0.15, 0.2) is 0 Å². The predicted octanol–water partition coefficient (Wildman–Crippen LogP) is 1.85.